The smallest absolute Gasteiger partial charge is 0.253 e. The number of hydrogen-bond acceptors (Lipinski definition) is 8. The van der Waals surface area contributed by atoms with Crippen LogP contribution in [0.5, 0.6) is 5.75 Å². The van der Waals surface area contributed by atoms with Crippen molar-refractivity contribution in [2.75, 3.05) is 27.2 Å². The summed E-state index contributed by atoms with van der Waals surface area (Å²) in [5.41, 5.74) is 2.22. The highest BCUT2D eigenvalue weighted by molar-refractivity contribution is 7.89. The van der Waals surface area contributed by atoms with Gasteiger partial charge in [-0.1, -0.05) is 50.2 Å². The molecule has 2 atom stereocenters. The number of aliphatic hydroxyl groups excluding tert-OH is 1. The molecule has 0 aliphatic carbocycles. The predicted octanol–water partition coefficient (Wildman–Crippen LogP) is 4.78. The molecule has 0 saturated heterocycles. The number of rotatable bonds is 15. The lowest BCUT2D eigenvalue weighted by molar-refractivity contribution is 0.0775. The highest BCUT2D eigenvalue weighted by Gasteiger charge is 2.31. The molecule has 1 heterocycles. The van der Waals surface area contributed by atoms with E-state index in [-0.39, 0.29) is 41.8 Å². The molecule has 0 fully saturated rings. The van der Waals surface area contributed by atoms with E-state index in [9.17, 15) is 23.1 Å². The van der Waals surface area contributed by atoms with Gasteiger partial charge in [-0.2, -0.15) is 4.31 Å². The van der Waals surface area contributed by atoms with E-state index in [0.29, 0.717) is 17.9 Å². The molecule has 2 N–H and O–H groups in total. The number of aliphatic hydroxyl groups is 1. The van der Waals surface area contributed by atoms with Gasteiger partial charge in [0, 0.05) is 36.6 Å². The highest BCUT2D eigenvalue weighted by atomic mass is 32.2. The fourth-order valence-corrected chi connectivity index (χ4v) is 7.35. The molecule has 0 aliphatic rings. The number of amides is 2. The lowest BCUT2D eigenvalue weighted by atomic mass is 10.00. The van der Waals surface area contributed by atoms with Crippen molar-refractivity contribution in [2.45, 2.75) is 50.8 Å². The molecule has 0 saturated carbocycles. The number of thiazole rings is 1. The van der Waals surface area contributed by atoms with E-state index < -0.39 is 28.1 Å². The molecule has 0 radical (unpaired) electrons. The average Bonchev–Trinajstić information content (AvgIpc) is 3.47. The number of benzene rings is 3. The normalized spacial score (nSPS) is 12.9. The number of carbonyl (C=O) groups is 2. The predicted molar refractivity (Wildman–Crippen MR) is 183 cm³/mol. The summed E-state index contributed by atoms with van der Waals surface area (Å²) >= 11 is 1.51. The molecule has 1 aromatic heterocycles. The van der Waals surface area contributed by atoms with Gasteiger partial charge in [-0.15, -0.1) is 11.3 Å². The number of hydrogen-bond donors (Lipinski definition) is 2. The van der Waals surface area contributed by atoms with E-state index in [0.717, 1.165) is 16.3 Å². The quantitative estimate of drug-likeness (QED) is 0.185. The lowest BCUT2D eigenvalue weighted by Crippen LogP contribution is -2.51. The number of sulfonamides is 1. The van der Waals surface area contributed by atoms with Gasteiger partial charge in [-0.05, 0) is 67.3 Å². The molecule has 10 nitrogen and oxygen atoms in total. The molecule has 3 aromatic carbocycles. The van der Waals surface area contributed by atoms with Crippen LogP contribution in [-0.4, -0.2) is 78.9 Å². The molecule has 12 heteroatoms. The van der Waals surface area contributed by atoms with Crippen molar-refractivity contribution in [3.8, 4) is 5.75 Å². The molecule has 47 heavy (non-hydrogen) atoms. The van der Waals surface area contributed by atoms with Gasteiger partial charge in [-0.3, -0.25) is 9.59 Å². The fraction of sp³-hybridized carbons (Fsp3) is 0.343. The topological polar surface area (TPSA) is 129 Å². The third-order valence-corrected chi connectivity index (χ3v) is 10.2. The van der Waals surface area contributed by atoms with Gasteiger partial charge in [0.15, 0.2) is 0 Å². The van der Waals surface area contributed by atoms with Crippen LogP contribution in [0.2, 0.25) is 0 Å². The number of methoxy groups -OCH3 is 1. The van der Waals surface area contributed by atoms with Crippen molar-refractivity contribution in [1.29, 1.82) is 0 Å². The maximum absolute atomic E-state index is 13.7. The van der Waals surface area contributed by atoms with Gasteiger partial charge in [0.05, 0.1) is 41.4 Å². The van der Waals surface area contributed by atoms with Crippen molar-refractivity contribution in [2.24, 2.45) is 5.92 Å². The molecule has 4 rings (SSSR count). The molecule has 0 spiro atoms. The third-order valence-electron chi connectivity index (χ3n) is 7.52. The Hall–Kier alpha value is -4.10. The van der Waals surface area contributed by atoms with Crippen molar-refractivity contribution in [1.82, 2.24) is 19.5 Å². The summed E-state index contributed by atoms with van der Waals surface area (Å²) in [6.45, 7) is 5.95. The zero-order valence-corrected chi connectivity index (χ0v) is 28.9. The van der Waals surface area contributed by atoms with Gasteiger partial charge in [0.25, 0.3) is 11.8 Å². The van der Waals surface area contributed by atoms with E-state index in [1.165, 1.54) is 41.0 Å². The first-order valence-electron chi connectivity index (χ1n) is 15.3. The van der Waals surface area contributed by atoms with Crippen LogP contribution >= 0.6 is 11.3 Å². The summed E-state index contributed by atoms with van der Waals surface area (Å²) in [6.07, 6.45) is -1.01. The van der Waals surface area contributed by atoms with Gasteiger partial charge in [-0.25, -0.2) is 13.4 Å². The maximum Gasteiger partial charge on any atom is 0.253 e. The van der Waals surface area contributed by atoms with Crippen LogP contribution in [0.1, 0.15) is 50.8 Å². The Labute approximate surface area is 281 Å². The van der Waals surface area contributed by atoms with Crippen molar-refractivity contribution in [3.05, 3.63) is 112 Å². The summed E-state index contributed by atoms with van der Waals surface area (Å²) in [5, 5.41) is 17.3. The molecule has 0 unspecified atom stereocenters. The summed E-state index contributed by atoms with van der Waals surface area (Å²) in [5.74, 6) is -0.266. The molecular weight excluding hydrogens is 637 g/mol. The van der Waals surface area contributed by atoms with Crippen LogP contribution in [0.3, 0.4) is 0 Å². The minimum absolute atomic E-state index is 0.0321. The summed E-state index contributed by atoms with van der Waals surface area (Å²) in [6, 6.07) is 21.0. The molecule has 250 valence electrons. The third kappa shape index (κ3) is 9.71. The zero-order chi connectivity index (χ0) is 34.1. The molecule has 0 bridgehead atoms. The summed E-state index contributed by atoms with van der Waals surface area (Å²) in [7, 11) is -0.806. The Morgan fingerprint density at radius 3 is 2.28 bits per heavy atom. The average molecular weight is 679 g/mol. The van der Waals surface area contributed by atoms with E-state index in [1.807, 2.05) is 56.5 Å². The fourth-order valence-electron chi connectivity index (χ4n) is 5.12. The number of ether oxygens (including phenoxy) is 1. The minimum atomic E-state index is -3.99. The number of aryl methyl sites for hydroxylation is 1. The number of nitrogens with one attached hydrogen (secondary N) is 1. The first-order valence-corrected chi connectivity index (χ1v) is 17.6. The largest absolute Gasteiger partial charge is 0.497 e. The van der Waals surface area contributed by atoms with Crippen LogP contribution in [0.15, 0.2) is 89.1 Å². The van der Waals surface area contributed by atoms with Gasteiger partial charge in [0.1, 0.15) is 5.75 Å². The SMILES string of the molecule is COc1ccc(S(=O)(=O)N(CC(C)C)C[C@@H](O)[C@H](Cc2ccccc2)NC(=O)c2cccc(C(=O)N(C)Cc3csc(C)n3)c2)cc1. The Morgan fingerprint density at radius 1 is 0.979 bits per heavy atom. The Balaban J connectivity index is 1.56. The van der Waals surface area contributed by atoms with E-state index >= 15 is 0 Å². The van der Waals surface area contributed by atoms with Gasteiger partial charge < -0.3 is 20.1 Å². The molecule has 4 aromatic rings. The summed E-state index contributed by atoms with van der Waals surface area (Å²) in [4.78, 5) is 32.9. The van der Waals surface area contributed by atoms with Crippen molar-refractivity contribution in [3.63, 3.8) is 0 Å². The van der Waals surface area contributed by atoms with Gasteiger partial charge >= 0.3 is 0 Å². The second kappa shape index (κ2) is 16.1. The molecule has 2 amide bonds. The van der Waals surface area contributed by atoms with E-state index in [2.05, 4.69) is 10.3 Å². The number of aromatic nitrogens is 1. The summed E-state index contributed by atoms with van der Waals surface area (Å²) < 4.78 is 33.9. The van der Waals surface area contributed by atoms with Crippen molar-refractivity contribution >= 4 is 33.2 Å². The van der Waals surface area contributed by atoms with Crippen LogP contribution in [0.4, 0.5) is 0 Å². The van der Waals surface area contributed by atoms with Crippen molar-refractivity contribution < 1.29 is 27.9 Å². The minimum Gasteiger partial charge on any atom is -0.497 e. The zero-order valence-electron chi connectivity index (χ0n) is 27.3. The Bertz CT molecular complexity index is 1740. The van der Waals surface area contributed by atoms with Crippen LogP contribution in [-0.2, 0) is 23.0 Å². The standard InChI is InChI=1S/C35H42N4O6S2/c1-24(2)20-39(47(43,44)31-16-14-30(45-5)15-17-31)22-33(40)32(18-26-10-7-6-8-11-26)37-34(41)27-12-9-13-28(19-27)35(42)38(4)21-29-23-46-25(3)36-29/h6-17,19,23-24,32-33,40H,18,20-22H2,1-5H3,(H,37,41)/t32-,33+/m0/s1. The number of carbonyl (C=O) groups excluding carboxylic acids is 2. The lowest BCUT2D eigenvalue weighted by Gasteiger charge is -2.31. The van der Waals surface area contributed by atoms with Crippen LogP contribution in [0, 0.1) is 12.8 Å². The Morgan fingerprint density at radius 2 is 1.66 bits per heavy atom. The maximum atomic E-state index is 13.7. The molecular formula is C35H42N4O6S2. The van der Waals surface area contributed by atoms with E-state index in [1.54, 1.807) is 42.3 Å². The first-order chi connectivity index (χ1) is 22.4. The van der Waals surface area contributed by atoms with Gasteiger partial charge in [0.2, 0.25) is 10.0 Å². The molecule has 0 aliphatic heterocycles. The highest BCUT2D eigenvalue weighted by Crippen LogP contribution is 2.22. The Kier molecular flexibility index (Phi) is 12.3. The van der Waals surface area contributed by atoms with E-state index in [4.69, 9.17) is 4.74 Å². The monoisotopic (exact) mass is 678 g/mol. The number of nitrogens with zero attached hydrogens (tertiary/aromatic N) is 3. The van der Waals surface area contributed by atoms with Crippen LogP contribution in [0.25, 0.3) is 0 Å². The second-order valence-corrected chi connectivity index (χ2v) is 14.8. The first kappa shape index (κ1) is 35.7. The van der Waals surface area contributed by atoms with Crippen LogP contribution < -0.4 is 10.1 Å². The second-order valence-electron chi connectivity index (χ2n) is 11.8.